The smallest absolute Gasteiger partial charge is 0.416 e. The van der Waals surface area contributed by atoms with Gasteiger partial charge in [0.15, 0.2) is 0 Å². The van der Waals surface area contributed by atoms with E-state index in [9.17, 15) is 38.0 Å². The number of fused-ring (bicyclic) bond motifs is 5. The summed E-state index contributed by atoms with van der Waals surface area (Å²) in [5, 5.41) is 24.3. The van der Waals surface area contributed by atoms with Crippen LogP contribution in [0, 0.1) is 10.1 Å². The number of nitrogens with one attached hydrogen (secondary N) is 1. The summed E-state index contributed by atoms with van der Waals surface area (Å²) in [6, 6.07) is 7.68. The van der Waals surface area contributed by atoms with Gasteiger partial charge in [-0.1, -0.05) is 12.1 Å². The molecule has 2 bridgehead atoms. The molecule has 176 valence electrons. The summed E-state index contributed by atoms with van der Waals surface area (Å²) < 4.78 is 41.5. The summed E-state index contributed by atoms with van der Waals surface area (Å²) in [4.78, 5) is 37.6. The van der Waals surface area contributed by atoms with Crippen molar-refractivity contribution >= 4 is 17.4 Å². The molecular formula is C21H16F3N5O5. The Kier molecular flexibility index (Phi) is 4.67. The summed E-state index contributed by atoms with van der Waals surface area (Å²) in [6.45, 7) is 0.129. The number of benzene rings is 2. The SMILES string of the molecule is O=C(Nc1cccc([N+](=O)[O-])c1)N1C[C@@H]2C[C@H]1c1c(O)n(-c3cccc(C(F)(F)F)c3)c(=O)n12. The molecule has 1 fully saturated rings. The Balaban J connectivity index is 1.46. The summed E-state index contributed by atoms with van der Waals surface area (Å²) in [7, 11) is 0. The number of carbonyl (C=O) groups excluding carboxylic acids is 1. The first-order valence-corrected chi connectivity index (χ1v) is 10.1. The molecule has 0 unspecified atom stereocenters. The van der Waals surface area contributed by atoms with E-state index in [1.54, 1.807) is 0 Å². The second-order valence-corrected chi connectivity index (χ2v) is 8.04. The zero-order valence-electron chi connectivity index (χ0n) is 17.2. The predicted octanol–water partition coefficient (Wildman–Crippen LogP) is 3.81. The number of aromatic nitrogens is 2. The van der Waals surface area contributed by atoms with Gasteiger partial charge in [-0.25, -0.2) is 14.2 Å². The first kappa shape index (κ1) is 21.6. The van der Waals surface area contributed by atoms with Crippen LogP contribution in [-0.2, 0) is 6.18 Å². The Morgan fingerprint density at radius 1 is 1.18 bits per heavy atom. The normalized spacial score (nSPS) is 18.7. The van der Waals surface area contributed by atoms with Crippen molar-refractivity contribution in [1.82, 2.24) is 14.0 Å². The third-order valence-corrected chi connectivity index (χ3v) is 6.06. The van der Waals surface area contributed by atoms with Gasteiger partial charge in [0.25, 0.3) is 5.69 Å². The number of likely N-dealkylation sites (tertiary alicyclic amines) is 1. The molecule has 0 radical (unpaired) electrons. The Morgan fingerprint density at radius 3 is 2.62 bits per heavy atom. The number of anilines is 1. The van der Waals surface area contributed by atoms with Gasteiger partial charge < -0.3 is 15.3 Å². The third-order valence-electron chi connectivity index (χ3n) is 6.06. The van der Waals surface area contributed by atoms with Crippen molar-refractivity contribution in [1.29, 1.82) is 0 Å². The van der Waals surface area contributed by atoms with E-state index in [1.165, 1.54) is 39.8 Å². The van der Waals surface area contributed by atoms with E-state index in [0.29, 0.717) is 6.42 Å². The Labute approximate surface area is 188 Å². The fraction of sp³-hybridized carbons (Fsp3) is 0.238. The second kappa shape index (κ2) is 7.37. The van der Waals surface area contributed by atoms with E-state index in [-0.39, 0.29) is 29.3 Å². The minimum atomic E-state index is -4.63. The van der Waals surface area contributed by atoms with Crippen LogP contribution < -0.4 is 11.0 Å². The minimum Gasteiger partial charge on any atom is -0.493 e. The highest BCUT2D eigenvalue weighted by molar-refractivity contribution is 5.90. The van der Waals surface area contributed by atoms with Gasteiger partial charge in [0.1, 0.15) is 5.69 Å². The maximum absolute atomic E-state index is 13.1. The van der Waals surface area contributed by atoms with Gasteiger partial charge in [-0.3, -0.25) is 14.7 Å². The highest BCUT2D eigenvalue weighted by Crippen LogP contribution is 2.48. The summed E-state index contributed by atoms with van der Waals surface area (Å²) in [6.07, 6.45) is -4.28. The number of aromatic hydroxyl groups is 1. The molecule has 2 aliphatic heterocycles. The van der Waals surface area contributed by atoms with Crippen LogP contribution in [0.4, 0.5) is 29.3 Å². The van der Waals surface area contributed by atoms with Crippen molar-refractivity contribution in [3.8, 4) is 11.6 Å². The van der Waals surface area contributed by atoms with Crippen LogP contribution in [0.1, 0.15) is 29.8 Å². The Bertz CT molecular complexity index is 1400. The zero-order chi connectivity index (χ0) is 24.4. The molecule has 13 heteroatoms. The fourth-order valence-corrected chi connectivity index (χ4v) is 4.62. The van der Waals surface area contributed by atoms with Gasteiger partial charge in [0.05, 0.1) is 28.3 Å². The number of hydrogen-bond acceptors (Lipinski definition) is 5. The lowest BCUT2D eigenvalue weighted by atomic mass is 10.2. The van der Waals surface area contributed by atoms with Gasteiger partial charge in [0.2, 0.25) is 5.88 Å². The van der Waals surface area contributed by atoms with Crippen LogP contribution in [0.5, 0.6) is 5.88 Å². The Morgan fingerprint density at radius 2 is 1.91 bits per heavy atom. The molecule has 34 heavy (non-hydrogen) atoms. The largest absolute Gasteiger partial charge is 0.493 e. The number of nitro benzene ring substituents is 1. The maximum atomic E-state index is 13.1. The molecule has 0 spiro atoms. The van der Waals surface area contributed by atoms with E-state index >= 15 is 0 Å². The van der Waals surface area contributed by atoms with Crippen molar-refractivity contribution in [2.45, 2.75) is 24.7 Å². The lowest BCUT2D eigenvalue weighted by Crippen LogP contribution is -2.40. The van der Waals surface area contributed by atoms with E-state index in [4.69, 9.17) is 0 Å². The van der Waals surface area contributed by atoms with Crippen LogP contribution in [0.2, 0.25) is 0 Å². The summed E-state index contributed by atoms with van der Waals surface area (Å²) >= 11 is 0. The molecule has 1 saturated heterocycles. The number of non-ortho nitro benzene ring substituents is 1. The standard InChI is InChI=1S/C21H16F3N5O5/c22-21(23,24)11-3-1-5-13(7-11)28-18(30)17-16-9-15(27(17)20(28)32)10-26(16)19(31)25-12-4-2-6-14(8-12)29(33)34/h1-8,15-16,30H,9-10H2,(H,25,31)/t15-,16-/m0/s1. The number of alkyl halides is 3. The molecular weight excluding hydrogens is 459 g/mol. The van der Waals surface area contributed by atoms with Crippen molar-refractivity contribution in [2.24, 2.45) is 0 Å². The average Bonchev–Trinajstić information content (AvgIpc) is 3.45. The number of amides is 2. The van der Waals surface area contributed by atoms with E-state index < -0.39 is 46.3 Å². The van der Waals surface area contributed by atoms with Gasteiger partial charge in [-0.2, -0.15) is 13.2 Å². The molecule has 2 amide bonds. The number of nitrogens with zero attached hydrogens (tertiary/aromatic N) is 4. The molecule has 10 nitrogen and oxygen atoms in total. The molecule has 1 aromatic heterocycles. The number of imidazole rings is 1. The first-order valence-electron chi connectivity index (χ1n) is 10.1. The number of carbonyl (C=O) groups is 1. The molecule has 2 aromatic carbocycles. The molecule has 2 aliphatic rings. The highest BCUT2D eigenvalue weighted by Gasteiger charge is 2.49. The first-order chi connectivity index (χ1) is 16.1. The lowest BCUT2D eigenvalue weighted by molar-refractivity contribution is -0.384. The van der Waals surface area contributed by atoms with Crippen LogP contribution in [0.15, 0.2) is 53.3 Å². The zero-order valence-corrected chi connectivity index (χ0v) is 17.2. The molecule has 0 aliphatic carbocycles. The maximum Gasteiger partial charge on any atom is 0.416 e. The fourth-order valence-electron chi connectivity index (χ4n) is 4.62. The minimum absolute atomic E-state index is 0.129. The van der Waals surface area contributed by atoms with Crippen molar-refractivity contribution in [2.75, 3.05) is 11.9 Å². The highest BCUT2D eigenvalue weighted by atomic mass is 19.4. The van der Waals surface area contributed by atoms with Crippen LogP contribution in [0.3, 0.4) is 0 Å². The monoisotopic (exact) mass is 475 g/mol. The summed E-state index contributed by atoms with van der Waals surface area (Å²) in [5.41, 5.74) is -1.68. The number of urea groups is 1. The topological polar surface area (TPSA) is 123 Å². The van der Waals surface area contributed by atoms with Gasteiger partial charge in [-0.05, 0) is 30.7 Å². The molecule has 3 aromatic rings. The van der Waals surface area contributed by atoms with Crippen LogP contribution >= 0.6 is 0 Å². The van der Waals surface area contributed by atoms with E-state index in [1.807, 2.05) is 0 Å². The lowest BCUT2D eigenvalue weighted by Gasteiger charge is -2.27. The molecule has 0 saturated carbocycles. The average molecular weight is 475 g/mol. The number of halogens is 3. The molecule has 2 atom stereocenters. The quantitative estimate of drug-likeness (QED) is 0.441. The third kappa shape index (κ3) is 3.27. The van der Waals surface area contributed by atoms with Gasteiger partial charge in [0, 0.05) is 24.4 Å². The number of hydrogen-bond donors (Lipinski definition) is 2. The van der Waals surface area contributed by atoms with E-state index in [0.717, 1.165) is 22.8 Å². The van der Waals surface area contributed by atoms with Gasteiger partial charge in [-0.15, -0.1) is 0 Å². The summed E-state index contributed by atoms with van der Waals surface area (Å²) in [5.74, 6) is -0.537. The van der Waals surface area contributed by atoms with Crippen LogP contribution in [0.25, 0.3) is 5.69 Å². The molecule has 3 heterocycles. The second-order valence-electron chi connectivity index (χ2n) is 8.04. The van der Waals surface area contributed by atoms with E-state index in [2.05, 4.69) is 5.32 Å². The predicted molar refractivity (Wildman–Crippen MR) is 112 cm³/mol. The molecule has 2 N–H and O–H groups in total. The molecule has 5 rings (SSSR count). The number of nitro groups is 1. The van der Waals surface area contributed by atoms with Crippen LogP contribution in [-0.4, -0.2) is 36.6 Å². The van der Waals surface area contributed by atoms with Crippen molar-refractivity contribution in [3.05, 3.63) is 80.4 Å². The van der Waals surface area contributed by atoms with Gasteiger partial charge >= 0.3 is 17.9 Å². The number of rotatable bonds is 3. The van der Waals surface area contributed by atoms with Crippen molar-refractivity contribution < 1.29 is 28.0 Å². The Hall–Kier alpha value is -4.29. The van der Waals surface area contributed by atoms with Crippen molar-refractivity contribution in [3.63, 3.8) is 0 Å².